The van der Waals surface area contributed by atoms with Crippen molar-refractivity contribution >= 4 is 45.9 Å². The van der Waals surface area contributed by atoms with Gasteiger partial charge < -0.3 is 14.8 Å². The van der Waals surface area contributed by atoms with Gasteiger partial charge in [0.05, 0.1) is 22.7 Å². The van der Waals surface area contributed by atoms with Crippen molar-refractivity contribution in [2.75, 3.05) is 23.4 Å². The fourth-order valence-corrected chi connectivity index (χ4v) is 3.62. The van der Waals surface area contributed by atoms with E-state index in [-0.39, 0.29) is 5.56 Å². The van der Waals surface area contributed by atoms with E-state index in [0.717, 1.165) is 23.1 Å². The summed E-state index contributed by atoms with van der Waals surface area (Å²) < 4.78 is 0. The third-order valence-corrected chi connectivity index (χ3v) is 5.17. The topological polar surface area (TPSA) is 80.6 Å². The SMILES string of the molecule is O=C([O-])c1ccc(N/N=C\c2sc(N3CCCCC3)nc2Cl)cc1. The molecule has 24 heavy (non-hydrogen) atoms. The zero-order chi connectivity index (χ0) is 16.9. The summed E-state index contributed by atoms with van der Waals surface area (Å²) in [5.41, 5.74) is 3.64. The van der Waals surface area contributed by atoms with Gasteiger partial charge in [0.15, 0.2) is 10.3 Å². The van der Waals surface area contributed by atoms with Crippen LogP contribution in [0.1, 0.15) is 34.5 Å². The number of anilines is 2. The van der Waals surface area contributed by atoms with E-state index in [1.54, 1.807) is 18.3 Å². The number of aromatic nitrogens is 1. The molecule has 1 aromatic heterocycles. The summed E-state index contributed by atoms with van der Waals surface area (Å²) in [5.74, 6) is -1.20. The van der Waals surface area contributed by atoms with Crippen LogP contribution in [0.3, 0.4) is 0 Å². The molecule has 3 rings (SSSR count). The van der Waals surface area contributed by atoms with Gasteiger partial charge in [-0.1, -0.05) is 35.1 Å². The number of nitrogens with zero attached hydrogens (tertiary/aromatic N) is 3. The van der Waals surface area contributed by atoms with Crippen LogP contribution in [0.5, 0.6) is 0 Å². The fraction of sp³-hybridized carbons (Fsp3) is 0.312. The standard InChI is InChI=1S/C16H17ClN4O2S/c17-14-13(24-16(19-14)21-8-2-1-3-9-21)10-18-20-12-6-4-11(5-7-12)15(22)23/h4-7,10,20H,1-3,8-9H2,(H,22,23)/p-1/b18-10-. The first-order chi connectivity index (χ1) is 11.6. The molecule has 0 aliphatic carbocycles. The number of carboxylic acids is 1. The number of hydrazone groups is 1. The van der Waals surface area contributed by atoms with Crippen LogP contribution in [0.2, 0.25) is 5.15 Å². The van der Waals surface area contributed by atoms with E-state index in [4.69, 9.17) is 11.6 Å². The monoisotopic (exact) mass is 363 g/mol. The van der Waals surface area contributed by atoms with Crippen molar-refractivity contribution in [3.05, 3.63) is 39.9 Å². The van der Waals surface area contributed by atoms with Crippen LogP contribution in [0, 0.1) is 0 Å². The summed E-state index contributed by atoms with van der Waals surface area (Å²) in [4.78, 5) is 18.1. The summed E-state index contributed by atoms with van der Waals surface area (Å²) in [5, 5.41) is 16.2. The van der Waals surface area contributed by atoms with Gasteiger partial charge in [0.25, 0.3) is 0 Å². The zero-order valence-electron chi connectivity index (χ0n) is 12.9. The van der Waals surface area contributed by atoms with Gasteiger partial charge in [0.1, 0.15) is 0 Å². The molecular formula is C16H16ClN4O2S-. The molecule has 1 aliphatic rings. The third-order valence-electron chi connectivity index (χ3n) is 3.72. The first-order valence-corrected chi connectivity index (χ1v) is 8.85. The van der Waals surface area contributed by atoms with Crippen LogP contribution < -0.4 is 15.4 Å². The second-order valence-corrected chi connectivity index (χ2v) is 6.80. The Morgan fingerprint density at radius 1 is 1.29 bits per heavy atom. The lowest BCUT2D eigenvalue weighted by atomic mass is 10.1. The molecule has 0 amide bonds. The van der Waals surface area contributed by atoms with Crippen LogP contribution in [0.15, 0.2) is 29.4 Å². The van der Waals surface area contributed by atoms with Gasteiger partial charge in [-0.15, -0.1) is 0 Å². The first kappa shape index (κ1) is 16.7. The normalized spacial score (nSPS) is 15.0. The molecule has 8 heteroatoms. The van der Waals surface area contributed by atoms with E-state index in [1.165, 1.54) is 42.7 Å². The Kier molecular flexibility index (Phi) is 5.32. The number of nitrogens with one attached hydrogen (secondary N) is 1. The molecule has 2 heterocycles. The van der Waals surface area contributed by atoms with Crippen LogP contribution in [0.25, 0.3) is 0 Å². The second-order valence-electron chi connectivity index (χ2n) is 5.43. The van der Waals surface area contributed by atoms with Crippen LogP contribution in [-0.2, 0) is 0 Å². The largest absolute Gasteiger partial charge is 0.545 e. The van der Waals surface area contributed by atoms with E-state index in [2.05, 4.69) is 20.4 Å². The number of rotatable bonds is 5. The van der Waals surface area contributed by atoms with Crippen molar-refractivity contribution in [3.63, 3.8) is 0 Å². The van der Waals surface area contributed by atoms with E-state index < -0.39 is 5.97 Å². The molecule has 126 valence electrons. The molecule has 1 N–H and O–H groups in total. The molecule has 1 aromatic carbocycles. The molecule has 0 unspecified atom stereocenters. The van der Waals surface area contributed by atoms with Gasteiger partial charge in [0, 0.05) is 13.1 Å². The van der Waals surface area contributed by atoms with Gasteiger partial charge in [-0.2, -0.15) is 5.10 Å². The summed E-state index contributed by atoms with van der Waals surface area (Å²) in [6, 6.07) is 6.16. The molecule has 1 aliphatic heterocycles. The summed E-state index contributed by atoms with van der Waals surface area (Å²) in [6.45, 7) is 2.03. The molecule has 0 atom stereocenters. The van der Waals surface area contributed by atoms with Gasteiger partial charge in [-0.25, -0.2) is 4.98 Å². The first-order valence-electron chi connectivity index (χ1n) is 7.65. The molecule has 1 fully saturated rings. The number of carbonyl (C=O) groups is 1. The molecule has 0 bridgehead atoms. The number of benzene rings is 1. The summed E-state index contributed by atoms with van der Waals surface area (Å²) in [7, 11) is 0. The predicted molar refractivity (Wildman–Crippen MR) is 95.2 cm³/mol. The summed E-state index contributed by atoms with van der Waals surface area (Å²) >= 11 is 7.70. The predicted octanol–water partition coefficient (Wildman–Crippen LogP) is 2.60. The number of carbonyl (C=O) groups excluding carboxylic acids is 1. The average molecular weight is 364 g/mol. The molecular weight excluding hydrogens is 348 g/mol. The number of hydrogen-bond acceptors (Lipinski definition) is 7. The minimum absolute atomic E-state index is 0.126. The maximum Gasteiger partial charge on any atom is 0.187 e. The van der Waals surface area contributed by atoms with Crippen LogP contribution in [0.4, 0.5) is 10.8 Å². The number of piperidine rings is 1. The Labute approximate surface area is 148 Å². The Hall–Kier alpha value is -2.12. The van der Waals surface area contributed by atoms with Crippen molar-refractivity contribution in [1.29, 1.82) is 0 Å². The molecule has 1 saturated heterocycles. The number of hydrogen-bond donors (Lipinski definition) is 1. The maximum absolute atomic E-state index is 10.7. The quantitative estimate of drug-likeness (QED) is 0.652. The Bertz CT molecular complexity index is 739. The maximum atomic E-state index is 10.7. The van der Waals surface area contributed by atoms with Crippen molar-refractivity contribution in [2.24, 2.45) is 5.10 Å². The van der Waals surface area contributed by atoms with Gasteiger partial charge in [-0.3, -0.25) is 5.43 Å². The Morgan fingerprint density at radius 3 is 2.67 bits per heavy atom. The highest BCUT2D eigenvalue weighted by molar-refractivity contribution is 7.17. The van der Waals surface area contributed by atoms with E-state index >= 15 is 0 Å². The third kappa shape index (κ3) is 4.04. The summed E-state index contributed by atoms with van der Waals surface area (Å²) in [6.07, 6.45) is 5.26. The van der Waals surface area contributed by atoms with Crippen LogP contribution >= 0.6 is 22.9 Å². The molecule has 0 radical (unpaired) electrons. The molecule has 2 aromatic rings. The van der Waals surface area contributed by atoms with Crippen molar-refractivity contribution in [1.82, 2.24) is 4.98 Å². The van der Waals surface area contributed by atoms with Gasteiger partial charge in [0.2, 0.25) is 0 Å². The zero-order valence-corrected chi connectivity index (χ0v) is 14.4. The Balaban J connectivity index is 1.63. The average Bonchev–Trinajstić information content (AvgIpc) is 2.97. The fourth-order valence-electron chi connectivity index (χ4n) is 2.45. The second kappa shape index (κ2) is 7.63. The molecule has 6 nitrogen and oxygen atoms in total. The van der Waals surface area contributed by atoms with Gasteiger partial charge in [-0.05, 0) is 37.0 Å². The highest BCUT2D eigenvalue weighted by atomic mass is 35.5. The van der Waals surface area contributed by atoms with Crippen molar-refractivity contribution in [3.8, 4) is 0 Å². The number of aromatic carboxylic acids is 1. The number of carboxylic acid groups (broad SMARTS) is 1. The lowest BCUT2D eigenvalue weighted by Gasteiger charge is -2.25. The van der Waals surface area contributed by atoms with E-state index in [1.807, 2.05) is 0 Å². The van der Waals surface area contributed by atoms with Crippen LogP contribution in [-0.4, -0.2) is 30.3 Å². The Morgan fingerprint density at radius 2 is 2.00 bits per heavy atom. The minimum Gasteiger partial charge on any atom is -0.545 e. The number of thiazole rings is 1. The van der Waals surface area contributed by atoms with Gasteiger partial charge >= 0.3 is 0 Å². The lowest BCUT2D eigenvalue weighted by molar-refractivity contribution is -0.255. The van der Waals surface area contributed by atoms with E-state index in [0.29, 0.717) is 10.8 Å². The number of halogens is 1. The van der Waals surface area contributed by atoms with Crippen molar-refractivity contribution < 1.29 is 9.90 Å². The van der Waals surface area contributed by atoms with Crippen molar-refractivity contribution in [2.45, 2.75) is 19.3 Å². The highest BCUT2D eigenvalue weighted by Gasteiger charge is 2.16. The lowest BCUT2D eigenvalue weighted by Crippen LogP contribution is -2.29. The minimum atomic E-state index is -1.20. The molecule has 0 spiro atoms. The van der Waals surface area contributed by atoms with E-state index in [9.17, 15) is 9.90 Å². The molecule has 0 saturated carbocycles. The highest BCUT2D eigenvalue weighted by Crippen LogP contribution is 2.30. The smallest absolute Gasteiger partial charge is 0.187 e.